The summed E-state index contributed by atoms with van der Waals surface area (Å²) in [6, 6.07) is 7.90. The molecular formula is C17H28N2O2. The van der Waals surface area contributed by atoms with E-state index in [1.807, 2.05) is 38.1 Å². The van der Waals surface area contributed by atoms with Gasteiger partial charge in [0.05, 0.1) is 6.54 Å². The van der Waals surface area contributed by atoms with E-state index in [0.717, 1.165) is 43.5 Å². The molecule has 4 heteroatoms. The second-order valence-electron chi connectivity index (χ2n) is 5.45. The quantitative estimate of drug-likeness (QED) is 0.652. The zero-order valence-electron chi connectivity index (χ0n) is 13.2. The molecule has 0 aliphatic carbocycles. The number of nitrogens with two attached hydrogens (primary N) is 1. The Balaban J connectivity index is 2.16. The first-order chi connectivity index (χ1) is 10.1. The van der Waals surface area contributed by atoms with Gasteiger partial charge in [-0.3, -0.25) is 4.79 Å². The van der Waals surface area contributed by atoms with Crippen molar-refractivity contribution in [3.05, 3.63) is 29.8 Å². The molecule has 0 bridgehead atoms. The molecule has 1 unspecified atom stereocenters. The lowest BCUT2D eigenvalue weighted by molar-refractivity contribution is -0.121. The molecule has 1 aromatic carbocycles. The van der Waals surface area contributed by atoms with E-state index >= 15 is 0 Å². The summed E-state index contributed by atoms with van der Waals surface area (Å²) in [4.78, 5) is 11.7. The Labute approximate surface area is 128 Å². The van der Waals surface area contributed by atoms with Crippen LogP contribution in [0.25, 0.3) is 0 Å². The lowest BCUT2D eigenvalue weighted by atomic mass is 10.1. The Kier molecular flexibility index (Phi) is 8.51. The average molecular weight is 292 g/mol. The van der Waals surface area contributed by atoms with E-state index in [2.05, 4.69) is 5.32 Å². The van der Waals surface area contributed by atoms with Crippen molar-refractivity contribution in [1.82, 2.24) is 5.32 Å². The van der Waals surface area contributed by atoms with Crippen LogP contribution in [0.4, 0.5) is 0 Å². The smallest absolute Gasteiger partial charge is 0.220 e. The molecule has 1 amide bonds. The van der Waals surface area contributed by atoms with Crippen LogP contribution in [0.15, 0.2) is 24.3 Å². The summed E-state index contributed by atoms with van der Waals surface area (Å²) < 4.78 is 5.82. The van der Waals surface area contributed by atoms with Crippen LogP contribution in [-0.4, -0.2) is 25.1 Å². The number of amides is 1. The van der Waals surface area contributed by atoms with Gasteiger partial charge < -0.3 is 15.8 Å². The molecule has 0 radical (unpaired) electrons. The maximum atomic E-state index is 11.7. The van der Waals surface area contributed by atoms with Crippen LogP contribution in [-0.2, 0) is 4.79 Å². The summed E-state index contributed by atoms with van der Waals surface area (Å²) in [5.41, 5.74) is 6.54. The van der Waals surface area contributed by atoms with E-state index in [1.54, 1.807) is 0 Å². The fraction of sp³-hybridized carbons (Fsp3) is 0.588. The minimum atomic E-state index is -0.0349. The fourth-order valence-electron chi connectivity index (χ4n) is 2.08. The second kappa shape index (κ2) is 10.2. The third-order valence-corrected chi connectivity index (χ3v) is 3.37. The zero-order chi connectivity index (χ0) is 15.5. The van der Waals surface area contributed by atoms with Gasteiger partial charge in [-0.1, -0.05) is 31.0 Å². The first kappa shape index (κ1) is 17.5. The third kappa shape index (κ3) is 7.71. The van der Waals surface area contributed by atoms with Crippen LogP contribution in [0.3, 0.4) is 0 Å². The highest BCUT2D eigenvalue weighted by atomic mass is 16.5. The van der Waals surface area contributed by atoms with Crippen molar-refractivity contribution in [2.75, 3.05) is 13.1 Å². The van der Waals surface area contributed by atoms with Crippen LogP contribution < -0.4 is 15.8 Å². The first-order valence-electron chi connectivity index (χ1n) is 7.82. The molecule has 0 spiro atoms. The van der Waals surface area contributed by atoms with Crippen molar-refractivity contribution in [2.24, 2.45) is 5.73 Å². The van der Waals surface area contributed by atoms with Crippen LogP contribution in [0.2, 0.25) is 0 Å². The van der Waals surface area contributed by atoms with Gasteiger partial charge in [-0.05, 0) is 44.9 Å². The van der Waals surface area contributed by atoms with Gasteiger partial charge in [-0.2, -0.15) is 0 Å². The van der Waals surface area contributed by atoms with Crippen molar-refractivity contribution < 1.29 is 9.53 Å². The number of aryl methyl sites for hydroxylation is 1. The molecule has 0 aliphatic rings. The number of carbonyl (C=O) groups is 1. The maximum absolute atomic E-state index is 11.7. The largest absolute Gasteiger partial charge is 0.489 e. The maximum Gasteiger partial charge on any atom is 0.220 e. The van der Waals surface area contributed by atoms with Gasteiger partial charge in [-0.15, -0.1) is 0 Å². The van der Waals surface area contributed by atoms with Gasteiger partial charge in [0.1, 0.15) is 11.9 Å². The normalized spacial score (nSPS) is 12.0. The van der Waals surface area contributed by atoms with E-state index in [9.17, 15) is 4.79 Å². The molecule has 1 aromatic rings. The highest BCUT2D eigenvalue weighted by Crippen LogP contribution is 2.17. The number of unbranched alkanes of at least 4 members (excludes halogenated alkanes) is 3. The molecule has 0 heterocycles. The number of benzene rings is 1. The summed E-state index contributed by atoms with van der Waals surface area (Å²) in [7, 11) is 0. The van der Waals surface area contributed by atoms with Gasteiger partial charge in [0.15, 0.2) is 0 Å². The van der Waals surface area contributed by atoms with Crippen molar-refractivity contribution >= 4 is 5.91 Å². The summed E-state index contributed by atoms with van der Waals surface area (Å²) in [6.07, 6.45) is 4.70. The van der Waals surface area contributed by atoms with Gasteiger partial charge in [-0.25, -0.2) is 0 Å². The van der Waals surface area contributed by atoms with Crippen molar-refractivity contribution in [2.45, 2.75) is 52.1 Å². The van der Waals surface area contributed by atoms with Crippen molar-refractivity contribution in [3.8, 4) is 5.75 Å². The van der Waals surface area contributed by atoms with E-state index in [1.165, 1.54) is 0 Å². The lowest BCUT2D eigenvalue weighted by Gasteiger charge is -2.17. The number of nitrogens with one attached hydrogen (secondary N) is 1. The zero-order valence-corrected chi connectivity index (χ0v) is 13.2. The minimum absolute atomic E-state index is 0.0349. The predicted octanol–water partition coefficient (Wildman–Crippen LogP) is 2.79. The fourth-order valence-corrected chi connectivity index (χ4v) is 2.08. The van der Waals surface area contributed by atoms with Gasteiger partial charge in [0.2, 0.25) is 5.91 Å². The molecule has 0 fully saturated rings. The molecule has 1 atom stereocenters. The summed E-state index contributed by atoms with van der Waals surface area (Å²) in [6.45, 7) is 5.26. The van der Waals surface area contributed by atoms with Gasteiger partial charge in [0.25, 0.3) is 0 Å². The van der Waals surface area contributed by atoms with Gasteiger partial charge >= 0.3 is 0 Å². The third-order valence-electron chi connectivity index (χ3n) is 3.37. The number of hydrogen-bond acceptors (Lipinski definition) is 3. The van der Waals surface area contributed by atoms with Crippen molar-refractivity contribution in [1.29, 1.82) is 0 Å². The Bertz CT molecular complexity index is 421. The molecule has 21 heavy (non-hydrogen) atoms. The topological polar surface area (TPSA) is 64.3 Å². The number of ether oxygens (including phenoxy) is 1. The number of rotatable bonds is 10. The monoisotopic (exact) mass is 292 g/mol. The molecule has 4 nitrogen and oxygen atoms in total. The molecule has 0 saturated carbocycles. The van der Waals surface area contributed by atoms with E-state index in [-0.39, 0.29) is 12.0 Å². The number of para-hydroxylation sites is 1. The highest BCUT2D eigenvalue weighted by molar-refractivity contribution is 5.75. The van der Waals surface area contributed by atoms with Crippen LogP contribution in [0.5, 0.6) is 5.75 Å². The predicted molar refractivity (Wildman–Crippen MR) is 86.4 cm³/mol. The number of carbonyl (C=O) groups excluding carboxylic acids is 1. The lowest BCUT2D eigenvalue weighted by Crippen LogP contribution is -2.33. The molecule has 0 saturated heterocycles. The van der Waals surface area contributed by atoms with Crippen LogP contribution in [0.1, 0.15) is 44.6 Å². The summed E-state index contributed by atoms with van der Waals surface area (Å²) in [5, 5.41) is 2.92. The average Bonchev–Trinajstić information content (AvgIpc) is 2.47. The highest BCUT2D eigenvalue weighted by Gasteiger charge is 2.08. The standard InChI is InChI=1S/C17H28N2O2/c1-14-9-6-7-10-16(14)21-15(2)13-19-17(20)11-5-3-4-8-12-18/h6-7,9-10,15H,3-5,8,11-13,18H2,1-2H3,(H,19,20). The molecule has 0 aliphatic heterocycles. The van der Waals surface area contributed by atoms with Crippen molar-refractivity contribution in [3.63, 3.8) is 0 Å². The van der Waals surface area contributed by atoms with Gasteiger partial charge in [0, 0.05) is 6.42 Å². The molecule has 0 aromatic heterocycles. The van der Waals surface area contributed by atoms with Crippen LogP contribution >= 0.6 is 0 Å². The molecular weight excluding hydrogens is 264 g/mol. The SMILES string of the molecule is Cc1ccccc1OC(C)CNC(=O)CCCCCCN. The van der Waals surface area contributed by atoms with Crippen LogP contribution in [0, 0.1) is 6.92 Å². The minimum Gasteiger partial charge on any atom is -0.489 e. The van der Waals surface area contributed by atoms with E-state index < -0.39 is 0 Å². The molecule has 1 rings (SSSR count). The summed E-state index contributed by atoms with van der Waals surface area (Å²) in [5.74, 6) is 0.976. The first-order valence-corrected chi connectivity index (χ1v) is 7.82. The molecule has 3 N–H and O–H groups in total. The van der Waals surface area contributed by atoms with E-state index in [4.69, 9.17) is 10.5 Å². The Morgan fingerprint density at radius 3 is 2.67 bits per heavy atom. The molecule has 118 valence electrons. The summed E-state index contributed by atoms with van der Waals surface area (Å²) >= 11 is 0. The number of hydrogen-bond donors (Lipinski definition) is 2. The van der Waals surface area contributed by atoms with E-state index in [0.29, 0.717) is 13.0 Å². The Hall–Kier alpha value is -1.55. The second-order valence-corrected chi connectivity index (χ2v) is 5.45. The Morgan fingerprint density at radius 1 is 1.24 bits per heavy atom. The Morgan fingerprint density at radius 2 is 1.95 bits per heavy atom.